The van der Waals surface area contributed by atoms with Crippen molar-refractivity contribution in [2.45, 2.75) is 38.6 Å². The number of amides is 1. The van der Waals surface area contributed by atoms with Crippen molar-refractivity contribution in [3.63, 3.8) is 0 Å². The second-order valence-electron chi connectivity index (χ2n) is 7.05. The summed E-state index contributed by atoms with van der Waals surface area (Å²) >= 11 is 1.57. The smallest absolute Gasteiger partial charge is 0.248 e. The molecule has 1 amide bonds. The Labute approximate surface area is 155 Å². The lowest BCUT2D eigenvalue weighted by molar-refractivity contribution is 0.100. The Morgan fingerprint density at radius 2 is 2.15 bits per heavy atom. The van der Waals surface area contributed by atoms with E-state index in [0.717, 1.165) is 52.7 Å². The molecule has 0 saturated carbocycles. The van der Waals surface area contributed by atoms with E-state index >= 15 is 0 Å². The van der Waals surface area contributed by atoms with Crippen molar-refractivity contribution in [2.75, 3.05) is 11.4 Å². The van der Waals surface area contributed by atoms with E-state index in [1.165, 1.54) is 17.7 Å². The van der Waals surface area contributed by atoms with E-state index in [9.17, 15) is 4.79 Å². The van der Waals surface area contributed by atoms with Gasteiger partial charge in [-0.3, -0.25) is 4.79 Å². The summed E-state index contributed by atoms with van der Waals surface area (Å²) in [6.07, 6.45) is 4.32. The molecule has 0 bridgehead atoms. The van der Waals surface area contributed by atoms with E-state index < -0.39 is 5.91 Å². The number of anilines is 1. The Morgan fingerprint density at radius 3 is 2.88 bits per heavy atom. The van der Waals surface area contributed by atoms with Crippen molar-refractivity contribution in [2.24, 2.45) is 5.73 Å². The number of primary amides is 1. The number of fused-ring (bicyclic) bond motifs is 2. The number of hydrogen-bond acceptors (Lipinski definition) is 6. The molecule has 132 valence electrons. The predicted octanol–water partition coefficient (Wildman–Crippen LogP) is 2.94. The van der Waals surface area contributed by atoms with Gasteiger partial charge in [-0.15, -0.1) is 11.3 Å². The molecule has 6 nitrogen and oxygen atoms in total. The Kier molecular flexibility index (Phi) is 3.46. The summed E-state index contributed by atoms with van der Waals surface area (Å²) < 4.78 is 0.959. The molecule has 1 saturated heterocycles. The van der Waals surface area contributed by atoms with E-state index in [1.807, 2.05) is 12.1 Å². The Balaban J connectivity index is 1.65. The molecule has 7 heteroatoms. The summed E-state index contributed by atoms with van der Waals surface area (Å²) in [5, 5.41) is 0.900. The predicted molar refractivity (Wildman–Crippen MR) is 103 cm³/mol. The number of benzene rings is 1. The topological polar surface area (TPSA) is 85.0 Å². The van der Waals surface area contributed by atoms with Crippen LogP contribution in [0.4, 0.5) is 5.95 Å². The van der Waals surface area contributed by atoms with Crippen LogP contribution in [0.15, 0.2) is 18.2 Å². The summed E-state index contributed by atoms with van der Waals surface area (Å²) in [4.78, 5) is 28.2. The van der Waals surface area contributed by atoms with Gasteiger partial charge in [-0.2, -0.15) is 0 Å². The standard InChI is InChI=1S/C19H19N5OS/c1-10-7-8-24(10)19-22-13-4-2-3-12(13)16(23-19)18-21-14-6-5-11(17(20)25)9-15(14)26-18/h5-6,9-10H,2-4,7-8H2,1H3,(H2,20,25)/t10-/m0/s1. The maximum atomic E-state index is 11.4. The van der Waals surface area contributed by atoms with Gasteiger partial charge in [0.25, 0.3) is 0 Å². The average Bonchev–Trinajstić information content (AvgIpc) is 3.25. The fourth-order valence-corrected chi connectivity index (χ4v) is 4.74. The molecular formula is C19H19N5OS. The molecule has 1 atom stereocenters. The fourth-order valence-electron chi connectivity index (χ4n) is 3.72. The summed E-state index contributed by atoms with van der Waals surface area (Å²) in [5.74, 6) is 0.412. The molecule has 3 heterocycles. The number of hydrogen-bond donors (Lipinski definition) is 1. The number of rotatable bonds is 3. The van der Waals surface area contributed by atoms with Gasteiger partial charge in [0.15, 0.2) is 0 Å². The molecule has 3 aromatic rings. The van der Waals surface area contributed by atoms with E-state index in [1.54, 1.807) is 17.4 Å². The van der Waals surface area contributed by atoms with Crippen LogP contribution in [0.2, 0.25) is 0 Å². The molecule has 1 fully saturated rings. The SMILES string of the molecule is C[C@H]1CCN1c1nc2c(c(-c3nc4ccc(C(N)=O)cc4s3)n1)CCC2. The van der Waals surface area contributed by atoms with Gasteiger partial charge >= 0.3 is 0 Å². The summed E-state index contributed by atoms with van der Waals surface area (Å²) in [6.45, 7) is 3.23. The van der Waals surface area contributed by atoms with Crippen molar-refractivity contribution >= 4 is 33.4 Å². The highest BCUT2D eigenvalue weighted by molar-refractivity contribution is 7.21. The minimum Gasteiger partial charge on any atom is -0.366 e. The van der Waals surface area contributed by atoms with Gasteiger partial charge in [0, 0.05) is 29.4 Å². The van der Waals surface area contributed by atoms with Crippen LogP contribution in [-0.4, -0.2) is 33.4 Å². The normalized spacial score (nSPS) is 18.8. The Hall–Kier alpha value is -2.54. The van der Waals surface area contributed by atoms with Gasteiger partial charge in [0.05, 0.1) is 10.2 Å². The number of thiazole rings is 1. The van der Waals surface area contributed by atoms with E-state index in [-0.39, 0.29) is 0 Å². The number of aryl methyl sites for hydroxylation is 1. The van der Waals surface area contributed by atoms with Crippen molar-refractivity contribution in [1.82, 2.24) is 15.0 Å². The van der Waals surface area contributed by atoms with Gasteiger partial charge in [-0.1, -0.05) is 0 Å². The molecule has 0 radical (unpaired) electrons. The highest BCUT2D eigenvalue weighted by Crippen LogP contribution is 2.37. The third-order valence-electron chi connectivity index (χ3n) is 5.37. The minimum absolute atomic E-state index is 0.418. The maximum Gasteiger partial charge on any atom is 0.248 e. The van der Waals surface area contributed by atoms with Crippen LogP contribution in [0.1, 0.15) is 41.4 Å². The summed E-state index contributed by atoms with van der Waals surface area (Å²) in [6, 6.07) is 5.90. The molecule has 1 aromatic carbocycles. The van der Waals surface area contributed by atoms with Crippen LogP contribution < -0.4 is 10.6 Å². The van der Waals surface area contributed by atoms with Crippen molar-refractivity contribution in [3.05, 3.63) is 35.0 Å². The molecule has 1 aliphatic carbocycles. The highest BCUT2D eigenvalue weighted by Gasteiger charge is 2.29. The molecule has 1 aliphatic heterocycles. The lowest BCUT2D eigenvalue weighted by atomic mass is 10.1. The van der Waals surface area contributed by atoms with Crippen LogP contribution in [-0.2, 0) is 12.8 Å². The van der Waals surface area contributed by atoms with E-state index in [4.69, 9.17) is 20.7 Å². The highest BCUT2D eigenvalue weighted by atomic mass is 32.1. The molecule has 5 rings (SSSR count). The van der Waals surface area contributed by atoms with Crippen molar-refractivity contribution in [3.8, 4) is 10.7 Å². The van der Waals surface area contributed by atoms with Crippen LogP contribution in [0, 0.1) is 0 Å². The fraction of sp³-hybridized carbons (Fsp3) is 0.368. The zero-order valence-corrected chi connectivity index (χ0v) is 15.3. The molecule has 26 heavy (non-hydrogen) atoms. The quantitative estimate of drug-likeness (QED) is 0.771. The number of carbonyl (C=O) groups is 1. The third-order valence-corrected chi connectivity index (χ3v) is 6.40. The van der Waals surface area contributed by atoms with Crippen LogP contribution >= 0.6 is 11.3 Å². The number of aromatic nitrogens is 3. The lowest BCUT2D eigenvalue weighted by Gasteiger charge is -2.39. The van der Waals surface area contributed by atoms with E-state index in [0.29, 0.717) is 11.6 Å². The molecule has 0 unspecified atom stereocenters. The number of carbonyl (C=O) groups excluding carboxylic acids is 1. The second kappa shape index (κ2) is 5.74. The minimum atomic E-state index is -0.418. The van der Waals surface area contributed by atoms with Gasteiger partial charge < -0.3 is 10.6 Å². The van der Waals surface area contributed by atoms with E-state index in [2.05, 4.69) is 11.8 Å². The first-order chi connectivity index (χ1) is 12.6. The first-order valence-corrected chi connectivity index (χ1v) is 9.79. The second-order valence-corrected chi connectivity index (χ2v) is 8.08. The maximum absolute atomic E-state index is 11.4. The zero-order chi connectivity index (χ0) is 17.8. The van der Waals surface area contributed by atoms with Crippen molar-refractivity contribution < 1.29 is 4.79 Å². The largest absolute Gasteiger partial charge is 0.366 e. The summed E-state index contributed by atoms with van der Waals surface area (Å²) in [5.41, 5.74) is 10.1. The monoisotopic (exact) mass is 365 g/mol. The zero-order valence-electron chi connectivity index (χ0n) is 14.5. The average molecular weight is 365 g/mol. The number of nitrogens with two attached hydrogens (primary N) is 1. The van der Waals surface area contributed by atoms with Crippen LogP contribution in [0.3, 0.4) is 0 Å². The van der Waals surface area contributed by atoms with Crippen LogP contribution in [0.5, 0.6) is 0 Å². The van der Waals surface area contributed by atoms with Gasteiger partial charge in [-0.25, -0.2) is 15.0 Å². The Bertz CT molecular complexity index is 1040. The Morgan fingerprint density at radius 1 is 1.27 bits per heavy atom. The van der Waals surface area contributed by atoms with Gasteiger partial charge in [0.1, 0.15) is 10.7 Å². The molecule has 2 aromatic heterocycles. The number of nitrogens with zero attached hydrogens (tertiary/aromatic N) is 4. The molecule has 0 spiro atoms. The first kappa shape index (κ1) is 15.7. The molecule has 2 aliphatic rings. The summed E-state index contributed by atoms with van der Waals surface area (Å²) in [7, 11) is 0. The first-order valence-electron chi connectivity index (χ1n) is 8.97. The van der Waals surface area contributed by atoms with Crippen molar-refractivity contribution in [1.29, 1.82) is 0 Å². The third kappa shape index (κ3) is 2.38. The molecule has 2 N–H and O–H groups in total. The van der Waals surface area contributed by atoms with Gasteiger partial charge in [-0.05, 0) is 50.8 Å². The van der Waals surface area contributed by atoms with Crippen LogP contribution in [0.25, 0.3) is 20.9 Å². The molecular weight excluding hydrogens is 346 g/mol. The van der Waals surface area contributed by atoms with Gasteiger partial charge in [0.2, 0.25) is 11.9 Å². The lowest BCUT2D eigenvalue weighted by Crippen LogP contribution is -2.46.